The Bertz CT molecular complexity index is 1630. The molecule has 0 saturated carbocycles. The van der Waals surface area contributed by atoms with Crippen molar-refractivity contribution in [3.63, 3.8) is 0 Å². The summed E-state index contributed by atoms with van der Waals surface area (Å²) in [5.41, 5.74) is 3.04. The Morgan fingerprint density at radius 3 is 2.59 bits per heavy atom. The monoisotopic (exact) mass is 504 g/mol. The number of rotatable bonds is 6. The van der Waals surface area contributed by atoms with Gasteiger partial charge in [0.15, 0.2) is 0 Å². The summed E-state index contributed by atoms with van der Waals surface area (Å²) < 4.78 is 41.2. The number of aromatic nitrogens is 4. The Kier molecular flexibility index (Phi) is 6.26. The van der Waals surface area contributed by atoms with Gasteiger partial charge in [-0.25, -0.2) is 9.97 Å². The molecule has 0 aliphatic rings. The zero-order valence-electron chi connectivity index (χ0n) is 20.0. The summed E-state index contributed by atoms with van der Waals surface area (Å²) in [6.07, 6.45) is 5.17. The number of likely N-dealkylation sites (N-methyl/N-ethyl adjacent to an activating group) is 1. The van der Waals surface area contributed by atoms with Crippen molar-refractivity contribution >= 4 is 33.7 Å². The van der Waals surface area contributed by atoms with Gasteiger partial charge >= 0.3 is 6.18 Å². The molecule has 0 atom stereocenters. The smallest absolute Gasteiger partial charge is 0.346 e. The van der Waals surface area contributed by atoms with Crippen LogP contribution in [0.25, 0.3) is 44.3 Å². The summed E-state index contributed by atoms with van der Waals surface area (Å²) in [6.45, 7) is 0.526. The molecule has 0 radical (unpaired) electrons. The molecule has 188 valence electrons. The van der Waals surface area contributed by atoms with Crippen LogP contribution in [0.3, 0.4) is 0 Å². The van der Waals surface area contributed by atoms with E-state index in [4.69, 9.17) is 0 Å². The second-order valence-corrected chi connectivity index (χ2v) is 8.87. The zero-order chi connectivity index (χ0) is 26.2. The normalized spacial score (nSPS) is 12.3. The molecular formula is C27H23F3N6O. The number of alkyl halides is 3. The van der Waals surface area contributed by atoms with Crippen molar-refractivity contribution < 1.29 is 18.0 Å². The number of hydrogen-bond donors (Lipinski definition) is 3. The van der Waals surface area contributed by atoms with Crippen LogP contribution in [0, 0.1) is 0 Å². The van der Waals surface area contributed by atoms with E-state index < -0.39 is 17.6 Å². The number of nitrogens with zero attached hydrogens (tertiary/aromatic N) is 3. The molecule has 0 bridgehead atoms. The molecule has 37 heavy (non-hydrogen) atoms. The molecule has 0 unspecified atom stereocenters. The molecule has 0 spiro atoms. The SMILES string of the molecule is CN(C)CC=CC(=O)Nc1cc(-c2cnc3[nH]cc(-c4ccnc5[nH]ccc45)c3c2)cc(C(F)(F)F)c1. The van der Waals surface area contributed by atoms with Gasteiger partial charge in [0.2, 0.25) is 5.91 Å². The van der Waals surface area contributed by atoms with Crippen LogP contribution in [0.1, 0.15) is 5.56 Å². The third kappa shape index (κ3) is 5.10. The van der Waals surface area contributed by atoms with Gasteiger partial charge in [-0.15, -0.1) is 0 Å². The van der Waals surface area contributed by atoms with E-state index in [1.54, 1.807) is 24.5 Å². The lowest BCUT2D eigenvalue weighted by Crippen LogP contribution is -2.13. The second kappa shape index (κ2) is 9.55. The maximum Gasteiger partial charge on any atom is 0.416 e. The van der Waals surface area contributed by atoms with E-state index in [1.807, 2.05) is 37.3 Å². The van der Waals surface area contributed by atoms with Crippen LogP contribution in [0.4, 0.5) is 18.9 Å². The number of halogens is 3. The topological polar surface area (TPSA) is 89.7 Å². The number of carbonyl (C=O) groups excluding carboxylic acids is 1. The Hall–Kier alpha value is -4.44. The van der Waals surface area contributed by atoms with Gasteiger partial charge < -0.3 is 20.2 Å². The van der Waals surface area contributed by atoms with Crippen molar-refractivity contribution in [1.29, 1.82) is 0 Å². The minimum Gasteiger partial charge on any atom is -0.346 e. The molecule has 0 aliphatic heterocycles. The van der Waals surface area contributed by atoms with Gasteiger partial charge in [0, 0.05) is 65.0 Å². The average molecular weight is 505 g/mol. The van der Waals surface area contributed by atoms with Crippen LogP contribution in [-0.4, -0.2) is 51.4 Å². The zero-order valence-corrected chi connectivity index (χ0v) is 20.0. The second-order valence-electron chi connectivity index (χ2n) is 8.87. The van der Waals surface area contributed by atoms with Crippen molar-refractivity contribution in [2.24, 2.45) is 0 Å². The van der Waals surface area contributed by atoms with E-state index in [2.05, 4.69) is 25.3 Å². The molecule has 1 amide bonds. The molecule has 5 rings (SSSR count). The van der Waals surface area contributed by atoms with Gasteiger partial charge in [0.25, 0.3) is 0 Å². The summed E-state index contributed by atoms with van der Waals surface area (Å²) in [7, 11) is 3.69. The molecule has 10 heteroatoms. The van der Waals surface area contributed by atoms with Gasteiger partial charge in [-0.1, -0.05) is 6.08 Å². The fraction of sp³-hybridized carbons (Fsp3) is 0.148. The van der Waals surface area contributed by atoms with Crippen molar-refractivity contribution in [3.05, 3.63) is 78.9 Å². The Labute approximate surface area is 210 Å². The first-order valence-electron chi connectivity index (χ1n) is 11.4. The highest BCUT2D eigenvalue weighted by Gasteiger charge is 2.31. The van der Waals surface area contributed by atoms with Gasteiger partial charge in [0.1, 0.15) is 11.3 Å². The first kappa shape index (κ1) is 24.3. The minimum absolute atomic E-state index is 0.0434. The van der Waals surface area contributed by atoms with Crippen LogP contribution >= 0.6 is 0 Å². The van der Waals surface area contributed by atoms with Crippen molar-refractivity contribution in [2.45, 2.75) is 6.18 Å². The summed E-state index contributed by atoms with van der Waals surface area (Å²) in [5.74, 6) is -0.512. The molecule has 0 fully saturated rings. The first-order valence-corrected chi connectivity index (χ1v) is 11.4. The Morgan fingerprint density at radius 2 is 1.81 bits per heavy atom. The molecule has 0 saturated heterocycles. The number of amides is 1. The molecular weight excluding hydrogens is 481 g/mol. The van der Waals surface area contributed by atoms with Gasteiger partial charge in [-0.3, -0.25) is 4.79 Å². The predicted octanol–water partition coefficient (Wildman–Crippen LogP) is 5.85. The van der Waals surface area contributed by atoms with Crippen LogP contribution in [0.2, 0.25) is 0 Å². The lowest BCUT2D eigenvalue weighted by Gasteiger charge is -2.13. The van der Waals surface area contributed by atoms with E-state index in [-0.39, 0.29) is 11.3 Å². The van der Waals surface area contributed by atoms with Crippen molar-refractivity contribution in [3.8, 4) is 22.3 Å². The fourth-order valence-electron chi connectivity index (χ4n) is 4.16. The molecule has 4 aromatic heterocycles. The predicted molar refractivity (Wildman–Crippen MR) is 138 cm³/mol. The summed E-state index contributed by atoms with van der Waals surface area (Å²) >= 11 is 0. The lowest BCUT2D eigenvalue weighted by atomic mass is 9.99. The number of hydrogen-bond acceptors (Lipinski definition) is 4. The summed E-state index contributed by atoms with van der Waals surface area (Å²) in [6, 6.07) is 9.09. The first-order chi connectivity index (χ1) is 17.7. The maximum absolute atomic E-state index is 13.7. The summed E-state index contributed by atoms with van der Waals surface area (Å²) in [4.78, 5) is 29.1. The minimum atomic E-state index is -4.59. The number of pyridine rings is 2. The number of fused-ring (bicyclic) bond motifs is 2. The fourth-order valence-corrected chi connectivity index (χ4v) is 4.16. The molecule has 7 nitrogen and oxygen atoms in total. The van der Waals surface area contributed by atoms with E-state index >= 15 is 0 Å². The Balaban J connectivity index is 1.56. The quantitative estimate of drug-likeness (QED) is 0.253. The Morgan fingerprint density at radius 1 is 1.00 bits per heavy atom. The molecule has 1 aromatic carbocycles. The van der Waals surface area contributed by atoms with Crippen LogP contribution in [-0.2, 0) is 11.0 Å². The summed E-state index contributed by atoms with van der Waals surface area (Å²) in [5, 5.41) is 4.21. The van der Waals surface area contributed by atoms with E-state index in [0.29, 0.717) is 17.8 Å². The average Bonchev–Trinajstić information content (AvgIpc) is 3.49. The molecule has 5 aromatic rings. The highest BCUT2D eigenvalue weighted by Crippen LogP contribution is 2.37. The van der Waals surface area contributed by atoms with Gasteiger partial charge in [-0.2, -0.15) is 13.2 Å². The standard InChI is InChI=1S/C27H23F3N6O/c1-36(2)9-3-4-24(37)35-19-11-16(10-18(13-19)27(28,29)30)17-12-22-23(15-34-26(22)33-14-17)20-5-7-31-25-21(20)6-8-32-25/h3-8,10-15H,9H2,1-2H3,(H,31,32)(H,33,34)(H,35,37). The molecule has 0 aliphatic carbocycles. The number of benzene rings is 1. The van der Waals surface area contributed by atoms with Crippen molar-refractivity contribution in [1.82, 2.24) is 24.8 Å². The van der Waals surface area contributed by atoms with E-state index in [1.165, 1.54) is 18.3 Å². The third-order valence-corrected chi connectivity index (χ3v) is 5.88. The van der Waals surface area contributed by atoms with Crippen molar-refractivity contribution in [2.75, 3.05) is 26.0 Å². The van der Waals surface area contributed by atoms with Crippen LogP contribution < -0.4 is 5.32 Å². The number of carbonyl (C=O) groups is 1. The lowest BCUT2D eigenvalue weighted by molar-refractivity contribution is -0.137. The van der Waals surface area contributed by atoms with E-state index in [0.717, 1.165) is 39.7 Å². The number of anilines is 1. The molecule has 3 N–H and O–H groups in total. The van der Waals surface area contributed by atoms with Crippen LogP contribution in [0.15, 0.2) is 73.3 Å². The van der Waals surface area contributed by atoms with Gasteiger partial charge in [0.05, 0.1) is 5.56 Å². The van der Waals surface area contributed by atoms with Gasteiger partial charge in [-0.05, 0) is 61.6 Å². The number of H-pyrrole nitrogens is 2. The van der Waals surface area contributed by atoms with Crippen LogP contribution in [0.5, 0.6) is 0 Å². The number of nitrogens with one attached hydrogen (secondary N) is 3. The molecule has 4 heterocycles. The maximum atomic E-state index is 13.7. The largest absolute Gasteiger partial charge is 0.416 e. The number of aromatic amines is 2. The third-order valence-electron chi connectivity index (χ3n) is 5.88. The highest BCUT2D eigenvalue weighted by atomic mass is 19.4. The van der Waals surface area contributed by atoms with E-state index in [9.17, 15) is 18.0 Å². The highest BCUT2D eigenvalue weighted by molar-refractivity contribution is 6.04.